The van der Waals surface area contributed by atoms with E-state index in [0.29, 0.717) is 12.2 Å². The second kappa shape index (κ2) is 5.01. The smallest absolute Gasteiger partial charge is 0.160 e. The molecule has 5 heteroatoms. The average molecular weight is 299 g/mol. The average Bonchev–Trinajstić information content (AvgIpc) is 2.10. The third-order valence-corrected chi connectivity index (χ3v) is 2.30. The molecule has 0 heterocycles. The van der Waals surface area contributed by atoms with Gasteiger partial charge in [-0.15, -0.1) is 0 Å². The minimum absolute atomic E-state index is 0.000171. The highest BCUT2D eigenvalue weighted by atomic mass is 79.9. The molecule has 14 heavy (non-hydrogen) atoms. The van der Waals surface area contributed by atoms with Gasteiger partial charge < -0.3 is 5.32 Å². The Labute approximate surface area is 100 Å². The molecule has 1 N–H and O–H groups in total. The van der Waals surface area contributed by atoms with E-state index in [1.807, 2.05) is 0 Å². The summed E-state index contributed by atoms with van der Waals surface area (Å²) in [7, 11) is 0. The molecule has 76 valence electrons. The maximum Gasteiger partial charge on any atom is 0.160 e. The monoisotopic (exact) mass is 297 g/mol. The summed E-state index contributed by atoms with van der Waals surface area (Å²) in [4.78, 5) is 0. The molecule has 0 amide bonds. The molecule has 0 aliphatic rings. The molecule has 0 atom stereocenters. The van der Waals surface area contributed by atoms with Crippen LogP contribution in [0, 0.1) is 5.82 Å². The first-order valence-electron chi connectivity index (χ1n) is 3.72. The molecular weight excluding hydrogens is 292 g/mol. The number of benzene rings is 1. The Morgan fingerprint density at radius 1 is 1.43 bits per heavy atom. The van der Waals surface area contributed by atoms with Gasteiger partial charge in [0.2, 0.25) is 0 Å². The van der Waals surface area contributed by atoms with Crippen molar-refractivity contribution in [3.8, 4) is 0 Å². The van der Waals surface area contributed by atoms with Crippen LogP contribution in [0.5, 0.6) is 0 Å². The zero-order chi connectivity index (χ0) is 10.7. The van der Waals surface area contributed by atoms with Gasteiger partial charge in [-0.05, 0) is 12.1 Å². The van der Waals surface area contributed by atoms with Crippen molar-refractivity contribution in [1.29, 1.82) is 0 Å². The molecule has 0 unspecified atom stereocenters. The zero-order valence-electron chi connectivity index (χ0n) is 7.08. The zero-order valence-corrected chi connectivity index (χ0v) is 10.2. The number of halogens is 4. The quantitative estimate of drug-likeness (QED) is 0.813. The molecule has 0 saturated carbocycles. The minimum atomic E-state index is -0.600. The fourth-order valence-corrected chi connectivity index (χ4v) is 1.48. The normalized spacial score (nSPS) is 10.0. The lowest BCUT2D eigenvalue weighted by Gasteiger charge is -2.07. The maximum atomic E-state index is 13.0. The highest BCUT2D eigenvalue weighted by Gasteiger charge is 2.06. The Morgan fingerprint density at radius 2 is 1.93 bits per heavy atom. The van der Waals surface area contributed by atoms with Crippen molar-refractivity contribution in [3.05, 3.63) is 39.1 Å². The predicted octanol–water partition coefficient (Wildman–Crippen LogP) is 4.45. The van der Waals surface area contributed by atoms with Crippen LogP contribution < -0.4 is 5.32 Å². The van der Waals surface area contributed by atoms with Crippen molar-refractivity contribution in [2.75, 3.05) is 11.9 Å². The highest BCUT2D eigenvalue weighted by Crippen LogP contribution is 2.27. The fourth-order valence-electron chi connectivity index (χ4n) is 0.856. The van der Waals surface area contributed by atoms with Gasteiger partial charge >= 0.3 is 0 Å². The fraction of sp³-hybridized carbons (Fsp3) is 0.111. The second-order valence-corrected chi connectivity index (χ2v) is 4.56. The van der Waals surface area contributed by atoms with E-state index in [0.717, 1.165) is 4.48 Å². The molecule has 0 radical (unpaired) electrons. The molecule has 0 aromatic heterocycles. The van der Waals surface area contributed by atoms with E-state index in [1.165, 1.54) is 12.1 Å². The summed E-state index contributed by atoms with van der Waals surface area (Å²) in [5.41, 5.74) is 0.655. The lowest BCUT2D eigenvalue weighted by molar-refractivity contribution is 0.629. The molecule has 1 nitrogen and oxygen atoms in total. The number of hydrogen-bond donors (Lipinski definition) is 1. The van der Waals surface area contributed by atoms with Gasteiger partial charge in [0.05, 0.1) is 10.0 Å². The van der Waals surface area contributed by atoms with Crippen LogP contribution in [0.4, 0.5) is 10.1 Å². The van der Waals surface area contributed by atoms with E-state index in [-0.39, 0.29) is 10.0 Å². The van der Waals surface area contributed by atoms with Crippen LogP contribution >= 0.6 is 39.1 Å². The van der Waals surface area contributed by atoms with Gasteiger partial charge in [0.25, 0.3) is 0 Å². The van der Waals surface area contributed by atoms with E-state index < -0.39 is 5.82 Å². The van der Waals surface area contributed by atoms with Crippen LogP contribution in [0.2, 0.25) is 10.0 Å². The second-order valence-electron chi connectivity index (χ2n) is 2.62. The Hall–Kier alpha value is -0.250. The number of hydrogen-bond acceptors (Lipinski definition) is 1. The van der Waals surface area contributed by atoms with Gasteiger partial charge in [0.15, 0.2) is 5.82 Å². The summed E-state index contributed by atoms with van der Waals surface area (Å²) in [5.74, 6) is -0.600. The van der Waals surface area contributed by atoms with Gasteiger partial charge in [0, 0.05) is 16.7 Å². The van der Waals surface area contributed by atoms with Crippen LogP contribution in [-0.4, -0.2) is 6.54 Å². The van der Waals surface area contributed by atoms with Crippen molar-refractivity contribution < 1.29 is 4.39 Å². The molecule has 1 aromatic carbocycles. The Balaban J connectivity index is 2.84. The molecule has 0 bridgehead atoms. The number of anilines is 1. The van der Waals surface area contributed by atoms with Crippen molar-refractivity contribution >= 4 is 44.8 Å². The third kappa shape index (κ3) is 3.15. The highest BCUT2D eigenvalue weighted by molar-refractivity contribution is 9.11. The molecule has 0 aliphatic carbocycles. The summed E-state index contributed by atoms with van der Waals surface area (Å²) in [5, 5.41) is 2.97. The van der Waals surface area contributed by atoms with Crippen LogP contribution in [0.25, 0.3) is 0 Å². The van der Waals surface area contributed by atoms with Crippen LogP contribution in [0.3, 0.4) is 0 Å². The van der Waals surface area contributed by atoms with Gasteiger partial charge in [0.1, 0.15) is 0 Å². The van der Waals surface area contributed by atoms with E-state index in [2.05, 4.69) is 27.8 Å². The Bertz CT molecular complexity index is 345. The van der Waals surface area contributed by atoms with Crippen LogP contribution in [0.15, 0.2) is 23.2 Å². The van der Waals surface area contributed by atoms with Gasteiger partial charge in [-0.1, -0.05) is 45.7 Å². The van der Waals surface area contributed by atoms with E-state index >= 15 is 0 Å². The van der Waals surface area contributed by atoms with Crippen molar-refractivity contribution in [3.63, 3.8) is 0 Å². The summed E-state index contributed by atoms with van der Waals surface area (Å²) >= 11 is 14.4. The van der Waals surface area contributed by atoms with Gasteiger partial charge in [-0.2, -0.15) is 0 Å². The van der Waals surface area contributed by atoms with E-state index in [9.17, 15) is 4.39 Å². The molecule has 0 spiro atoms. The molecule has 1 rings (SSSR count). The summed E-state index contributed by atoms with van der Waals surface area (Å²) in [6, 6.07) is 2.94. The molecule has 0 fully saturated rings. The maximum absolute atomic E-state index is 13.0. The minimum Gasteiger partial charge on any atom is -0.380 e. The standard InChI is InChI=1S/C9H7BrCl2FN/c1-5(10)4-14-6-2-7(11)9(13)8(12)3-6/h2-3,14H,1,4H2. The Kier molecular flexibility index (Phi) is 4.23. The SMILES string of the molecule is C=C(Br)CNc1cc(Cl)c(F)c(Cl)c1. The summed E-state index contributed by atoms with van der Waals surface area (Å²) in [6.07, 6.45) is 0. The topological polar surface area (TPSA) is 12.0 Å². The van der Waals surface area contributed by atoms with E-state index in [1.54, 1.807) is 0 Å². The lowest BCUT2D eigenvalue weighted by atomic mass is 10.3. The Morgan fingerprint density at radius 3 is 2.36 bits per heavy atom. The number of nitrogens with one attached hydrogen (secondary N) is 1. The molecule has 0 saturated heterocycles. The molecular formula is C9H7BrCl2FN. The molecule has 0 aliphatic heterocycles. The summed E-state index contributed by atoms with van der Waals surface area (Å²) in [6.45, 7) is 4.17. The van der Waals surface area contributed by atoms with Crippen molar-refractivity contribution in [2.45, 2.75) is 0 Å². The van der Waals surface area contributed by atoms with Gasteiger partial charge in [-0.3, -0.25) is 0 Å². The number of rotatable bonds is 3. The first-order chi connectivity index (χ1) is 6.50. The first-order valence-corrected chi connectivity index (χ1v) is 5.27. The molecule has 1 aromatic rings. The largest absolute Gasteiger partial charge is 0.380 e. The van der Waals surface area contributed by atoms with Crippen LogP contribution in [0.1, 0.15) is 0 Å². The predicted molar refractivity (Wildman–Crippen MR) is 63.0 cm³/mol. The van der Waals surface area contributed by atoms with Gasteiger partial charge in [-0.25, -0.2) is 4.39 Å². The van der Waals surface area contributed by atoms with Crippen molar-refractivity contribution in [1.82, 2.24) is 0 Å². The first kappa shape index (κ1) is 11.8. The summed E-state index contributed by atoms with van der Waals surface area (Å²) < 4.78 is 13.8. The lowest BCUT2D eigenvalue weighted by Crippen LogP contribution is -2.00. The van der Waals surface area contributed by atoms with Crippen LogP contribution in [-0.2, 0) is 0 Å². The van der Waals surface area contributed by atoms with E-state index in [4.69, 9.17) is 23.2 Å². The van der Waals surface area contributed by atoms with Crippen molar-refractivity contribution in [2.24, 2.45) is 0 Å². The third-order valence-electron chi connectivity index (χ3n) is 1.47.